The standard InChI is InChI=1S/C15H11NO2/c17-16(18)13-8-5-12(6-9-13)15-10-7-11-3-1-2-4-14(11)15/h1-10,15H. The summed E-state index contributed by atoms with van der Waals surface area (Å²) >= 11 is 0. The van der Waals surface area contributed by atoms with E-state index in [0.29, 0.717) is 0 Å². The van der Waals surface area contributed by atoms with Crippen molar-refractivity contribution < 1.29 is 4.92 Å². The van der Waals surface area contributed by atoms with E-state index in [1.807, 2.05) is 24.3 Å². The predicted octanol–water partition coefficient (Wildman–Crippen LogP) is 3.75. The first kappa shape index (κ1) is 10.7. The average Bonchev–Trinajstić information content (AvgIpc) is 2.82. The van der Waals surface area contributed by atoms with Gasteiger partial charge >= 0.3 is 0 Å². The summed E-state index contributed by atoms with van der Waals surface area (Å²) in [5.41, 5.74) is 3.70. The Morgan fingerprint density at radius 3 is 2.44 bits per heavy atom. The van der Waals surface area contributed by atoms with Crippen molar-refractivity contribution in [3.8, 4) is 0 Å². The molecule has 1 aliphatic rings. The normalized spacial score (nSPS) is 16.6. The molecular formula is C15H11NO2. The third kappa shape index (κ3) is 1.70. The number of nitrogens with zero attached hydrogens (tertiary/aromatic N) is 1. The van der Waals surface area contributed by atoms with Crippen molar-refractivity contribution in [2.24, 2.45) is 0 Å². The minimum Gasteiger partial charge on any atom is -0.258 e. The zero-order valence-electron chi connectivity index (χ0n) is 9.61. The Morgan fingerprint density at radius 1 is 1.00 bits per heavy atom. The van der Waals surface area contributed by atoms with Crippen LogP contribution in [0.15, 0.2) is 54.6 Å². The van der Waals surface area contributed by atoms with Gasteiger partial charge in [-0.15, -0.1) is 0 Å². The molecule has 0 fully saturated rings. The van der Waals surface area contributed by atoms with E-state index in [1.165, 1.54) is 11.1 Å². The minimum atomic E-state index is -0.373. The summed E-state index contributed by atoms with van der Waals surface area (Å²) in [6.07, 6.45) is 4.23. The second kappa shape index (κ2) is 4.11. The number of rotatable bonds is 2. The lowest BCUT2D eigenvalue weighted by Gasteiger charge is -2.10. The maximum absolute atomic E-state index is 10.6. The number of hydrogen-bond donors (Lipinski definition) is 0. The largest absolute Gasteiger partial charge is 0.269 e. The van der Waals surface area contributed by atoms with Gasteiger partial charge in [0.05, 0.1) is 4.92 Å². The molecule has 2 aromatic rings. The highest BCUT2D eigenvalue weighted by atomic mass is 16.6. The van der Waals surface area contributed by atoms with Gasteiger partial charge in [-0.05, 0) is 16.7 Å². The van der Waals surface area contributed by atoms with Crippen molar-refractivity contribution in [2.75, 3.05) is 0 Å². The Hall–Kier alpha value is -2.42. The van der Waals surface area contributed by atoms with Crippen molar-refractivity contribution in [3.05, 3.63) is 81.4 Å². The molecule has 1 aliphatic carbocycles. The molecule has 2 aromatic carbocycles. The summed E-state index contributed by atoms with van der Waals surface area (Å²) in [5, 5.41) is 10.6. The van der Waals surface area contributed by atoms with Gasteiger partial charge < -0.3 is 0 Å². The number of non-ortho nitro benzene ring substituents is 1. The van der Waals surface area contributed by atoms with E-state index in [2.05, 4.69) is 24.3 Å². The summed E-state index contributed by atoms with van der Waals surface area (Å²) < 4.78 is 0. The Labute approximate surface area is 105 Å². The summed E-state index contributed by atoms with van der Waals surface area (Å²) in [5.74, 6) is 0.210. The van der Waals surface area contributed by atoms with Gasteiger partial charge in [0, 0.05) is 18.1 Å². The Balaban J connectivity index is 1.98. The van der Waals surface area contributed by atoms with Crippen molar-refractivity contribution >= 4 is 11.8 Å². The maximum Gasteiger partial charge on any atom is 0.269 e. The third-order valence-corrected chi connectivity index (χ3v) is 3.26. The van der Waals surface area contributed by atoms with Gasteiger partial charge in [0.25, 0.3) is 5.69 Å². The second-order valence-corrected chi connectivity index (χ2v) is 4.31. The Bertz CT molecular complexity index is 629. The van der Waals surface area contributed by atoms with Crippen LogP contribution < -0.4 is 0 Å². The topological polar surface area (TPSA) is 43.1 Å². The van der Waals surface area contributed by atoms with E-state index < -0.39 is 0 Å². The predicted molar refractivity (Wildman–Crippen MR) is 70.4 cm³/mol. The molecule has 0 spiro atoms. The number of allylic oxidation sites excluding steroid dienone is 1. The first-order valence-electron chi connectivity index (χ1n) is 5.77. The molecule has 0 N–H and O–H groups in total. The molecule has 3 heteroatoms. The molecule has 0 saturated heterocycles. The monoisotopic (exact) mass is 237 g/mol. The van der Waals surface area contributed by atoms with Gasteiger partial charge in [-0.25, -0.2) is 0 Å². The summed E-state index contributed by atoms with van der Waals surface area (Å²) in [7, 11) is 0. The third-order valence-electron chi connectivity index (χ3n) is 3.26. The number of fused-ring (bicyclic) bond motifs is 1. The minimum absolute atomic E-state index is 0.133. The Kier molecular flexibility index (Phi) is 2.45. The van der Waals surface area contributed by atoms with Crippen LogP contribution in [0.3, 0.4) is 0 Å². The number of hydrogen-bond acceptors (Lipinski definition) is 2. The van der Waals surface area contributed by atoms with Gasteiger partial charge in [0.15, 0.2) is 0 Å². The van der Waals surface area contributed by atoms with E-state index in [9.17, 15) is 10.1 Å². The molecular weight excluding hydrogens is 226 g/mol. The molecule has 88 valence electrons. The van der Waals surface area contributed by atoms with E-state index in [0.717, 1.165) is 5.56 Å². The average molecular weight is 237 g/mol. The van der Waals surface area contributed by atoms with Crippen LogP contribution >= 0.6 is 0 Å². The van der Waals surface area contributed by atoms with Gasteiger partial charge in [-0.1, -0.05) is 48.6 Å². The maximum atomic E-state index is 10.6. The van der Waals surface area contributed by atoms with Crippen molar-refractivity contribution in [1.82, 2.24) is 0 Å². The smallest absolute Gasteiger partial charge is 0.258 e. The zero-order chi connectivity index (χ0) is 12.5. The molecule has 0 heterocycles. The summed E-state index contributed by atoms with van der Waals surface area (Å²) in [6, 6.07) is 15.0. The van der Waals surface area contributed by atoms with Crippen molar-refractivity contribution in [3.63, 3.8) is 0 Å². The zero-order valence-corrected chi connectivity index (χ0v) is 9.61. The van der Waals surface area contributed by atoms with Crippen LogP contribution in [-0.4, -0.2) is 4.92 Å². The van der Waals surface area contributed by atoms with E-state index in [-0.39, 0.29) is 16.5 Å². The van der Waals surface area contributed by atoms with Crippen LogP contribution in [-0.2, 0) is 0 Å². The molecule has 0 radical (unpaired) electrons. The van der Waals surface area contributed by atoms with Crippen LogP contribution in [0.25, 0.3) is 6.08 Å². The van der Waals surface area contributed by atoms with Gasteiger partial charge in [-0.3, -0.25) is 10.1 Å². The highest BCUT2D eigenvalue weighted by Crippen LogP contribution is 2.35. The number of nitro benzene ring substituents is 1. The fourth-order valence-electron chi connectivity index (χ4n) is 2.34. The molecule has 1 unspecified atom stereocenters. The van der Waals surface area contributed by atoms with Gasteiger partial charge in [0.1, 0.15) is 0 Å². The van der Waals surface area contributed by atoms with Crippen LogP contribution in [0.2, 0.25) is 0 Å². The molecule has 3 rings (SSSR count). The fourth-order valence-corrected chi connectivity index (χ4v) is 2.34. The van der Waals surface area contributed by atoms with Crippen molar-refractivity contribution in [1.29, 1.82) is 0 Å². The van der Waals surface area contributed by atoms with Gasteiger partial charge in [0.2, 0.25) is 0 Å². The van der Waals surface area contributed by atoms with Crippen LogP contribution in [0.1, 0.15) is 22.6 Å². The van der Waals surface area contributed by atoms with E-state index in [1.54, 1.807) is 12.1 Å². The molecule has 3 nitrogen and oxygen atoms in total. The molecule has 0 bridgehead atoms. The van der Waals surface area contributed by atoms with Crippen LogP contribution in [0.5, 0.6) is 0 Å². The molecule has 0 aromatic heterocycles. The highest BCUT2D eigenvalue weighted by Gasteiger charge is 2.18. The lowest BCUT2D eigenvalue weighted by Crippen LogP contribution is -1.96. The molecule has 0 saturated carbocycles. The lowest BCUT2D eigenvalue weighted by atomic mass is 9.93. The number of nitro groups is 1. The quantitative estimate of drug-likeness (QED) is 0.589. The highest BCUT2D eigenvalue weighted by molar-refractivity contribution is 5.65. The first-order valence-corrected chi connectivity index (χ1v) is 5.77. The van der Waals surface area contributed by atoms with Gasteiger partial charge in [-0.2, -0.15) is 0 Å². The van der Waals surface area contributed by atoms with E-state index in [4.69, 9.17) is 0 Å². The molecule has 0 amide bonds. The molecule has 1 atom stereocenters. The summed E-state index contributed by atoms with van der Waals surface area (Å²) in [4.78, 5) is 10.3. The number of benzene rings is 2. The second-order valence-electron chi connectivity index (χ2n) is 4.31. The first-order chi connectivity index (χ1) is 8.75. The Morgan fingerprint density at radius 2 is 1.72 bits per heavy atom. The van der Waals surface area contributed by atoms with Crippen LogP contribution in [0.4, 0.5) is 5.69 Å². The SMILES string of the molecule is O=[N+]([O-])c1ccc(C2C=Cc3ccccc32)cc1. The van der Waals surface area contributed by atoms with E-state index >= 15 is 0 Å². The lowest BCUT2D eigenvalue weighted by molar-refractivity contribution is -0.384. The van der Waals surface area contributed by atoms with Crippen LogP contribution in [0, 0.1) is 10.1 Å². The fraction of sp³-hybridized carbons (Fsp3) is 0.0667. The molecule has 18 heavy (non-hydrogen) atoms. The summed E-state index contributed by atoms with van der Waals surface area (Å²) in [6.45, 7) is 0. The van der Waals surface area contributed by atoms with Crippen molar-refractivity contribution in [2.45, 2.75) is 5.92 Å². The molecule has 0 aliphatic heterocycles.